The van der Waals surface area contributed by atoms with Crippen molar-refractivity contribution in [3.63, 3.8) is 0 Å². The molecule has 186 valence electrons. The molecule has 5 rings (SSSR count). The summed E-state index contributed by atoms with van der Waals surface area (Å²) in [5, 5.41) is 42.9. The molecule has 2 heterocycles. The first-order chi connectivity index (χ1) is 17.5. The summed E-state index contributed by atoms with van der Waals surface area (Å²) in [6.45, 7) is 2.46. The molecule has 0 unspecified atom stereocenters. The van der Waals surface area contributed by atoms with Gasteiger partial charge in [0.15, 0.2) is 0 Å². The number of ether oxygens (including phenoxy) is 2. The molecule has 0 aliphatic carbocycles. The molecule has 1 aliphatic rings. The highest BCUT2D eigenvalue weighted by molar-refractivity contribution is 5.96. The Morgan fingerprint density at radius 2 is 1.58 bits per heavy atom. The monoisotopic (exact) mass is 488 g/mol. The number of fused-ring (bicyclic) bond motifs is 2. The van der Waals surface area contributed by atoms with E-state index in [1.807, 2.05) is 42.5 Å². The third-order valence-electron chi connectivity index (χ3n) is 6.73. The first-order valence-corrected chi connectivity index (χ1v) is 12.1. The van der Waals surface area contributed by atoms with Crippen molar-refractivity contribution in [2.45, 2.75) is 44.2 Å². The van der Waals surface area contributed by atoms with Crippen LogP contribution in [-0.4, -0.2) is 57.7 Å². The zero-order valence-corrected chi connectivity index (χ0v) is 19.9. The smallest absolute Gasteiger partial charge is 0.229 e. The van der Waals surface area contributed by atoms with Gasteiger partial charge in [-0.05, 0) is 42.1 Å². The first kappa shape index (κ1) is 24.4. The van der Waals surface area contributed by atoms with Gasteiger partial charge in [-0.1, -0.05) is 42.5 Å². The highest BCUT2D eigenvalue weighted by Gasteiger charge is 2.44. The van der Waals surface area contributed by atoms with E-state index in [1.165, 1.54) is 10.9 Å². The lowest BCUT2D eigenvalue weighted by Gasteiger charge is -2.39. The molecule has 0 radical (unpaired) electrons. The van der Waals surface area contributed by atoms with E-state index in [9.17, 15) is 20.4 Å². The molecule has 1 aliphatic heterocycles. The number of hydrogen-bond donors (Lipinski definition) is 4. The molecule has 1 saturated heterocycles. The van der Waals surface area contributed by atoms with Gasteiger partial charge in [-0.2, -0.15) is 4.57 Å². The normalized spacial score (nSPS) is 24.5. The quantitative estimate of drug-likeness (QED) is 0.311. The lowest BCUT2D eigenvalue weighted by molar-refractivity contribution is -0.669. The van der Waals surface area contributed by atoms with Gasteiger partial charge < -0.3 is 29.9 Å². The van der Waals surface area contributed by atoms with Gasteiger partial charge in [0.1, 0.15) is 36.7 Å². The van der Waals surface area contributed by atoms with Crippen molar-refractivity contribution in [3.05, 3.63) is 84.1 Å². The lowest BCUT2D eigenvalue weighted by atomic mass is 9.99. The maximum absolute atomic E-state index is 10.4. The Morgan fingerprint density at radius 3 is 2.36 bits per heavy atom. The molecule has 0 spiro atoms. The average Bonchev–Trinajstić information content (AvgIpc) is 2.92. The molecule has 36 heavy (non-hydrogen) atoms. The molecule has 4 aromatic rings. The Kier molecular flexibility index (Phi) is 7.00. The number of aliphatic hydroxyl groups is 4. The van der Waals surface area contributed by atoms with Crippen molar-refractivity contribution in [2.75, 3.05) is 6.61 Å². The fourth-order valence-corrected chi connectivity index (χ4v) is 4.78. The molecular weight excluding hydrogens is 458 g/mol. The third-order valence-corrected chi connectivity index (χ3v) is 6.73. The van der Waals surface area contributed by atoms with Crippen LogP contribution in [0.5, 0.6) is 5.75 Å². The van der Waals surface area contributed by atoms with Crippen LogP contribution in [0.2, 0.25) is 0 Å². The SMILES string of the molecule is CC[n+]1c(C=Cc2ccc(O[C@@H]3O[C@H](CO)[C@H](O)[C@H](O)[C@H]3O)c3ccccc23)ccc2ccccc21. The number of nitrogens with zero attached hydrogens (tertiary/aromatic N) is 1. The Morgan fingerprint density at radius 1 is 0.833 bits per heavy atom. The summed E-state index contributed by atoms with van der Waals surface area (Å²) in [5.74, 6) is 0.460. The van der Waals surface area contributed by atoms with Crippen LogP contribution in [0.25, 0.3) is 33.8 Å². The van der Waals surface area contributed by atoms with E-state index in [1.54, 1.807) is 6.07 Å². The van der Waals surface area contributed by atoms with Crippen LogP contribution in [0.15, 0.2) is 72.8 Å². The van der Waals surface area contributed by atoms with E-state index in [4.69, 9.17) is 9.47 Å². The highest BCUT2D eigenvalue weighted by atomic mass is 16.7. The summed E-state index contributed by atoms with van der Waals surface area (Å²) in [5.41, 5.74) is 3.25. The number of rotatable bonds is 6. The number of hydrogen-bond acceptors (Lipinski definition) is 6. The fourth-order valence-electron chi connectivity index (χ4n) is 4.78. The first-order valence-electron chi connectivity index (χ1n) is 12.1. The Labute approximate surface area is 209 Å². The lowest BCUT2D eigenvalue weighted by Crippen LogP contribution is -2.60. The topological polar surface area (TPSA) is 103 Å². The molecule has 7 nitrogen and oxygen atoms in total. The minimum atomic E-state index is -1.50. The molecule has 0 saturated carbocycles. The molecule has 3 aromatic carbocycles. The number of aryl methyl sites for hydroxylation is 1. The highest BCUT2D eigenvalue weighted by Crippen LogP contribution is 2.32. The summed E-state index contributed by atoms with van der Waals surface area (Å²) in [7, 11) is 0. The van der Waals surface area contributed by atoms with Crippen molar-refractivity contribution in [1.82, 2.24) is 0 Å². The van der Waals surface area contributed by atoms with E-state index in [0.29, 0.717) is 5.75 Å². The van der Waals surface area contributed by atoms with E-state index >= 15 is 0 Å². The van der Waals surface area contributed by atoms with Crippen LogP contribution in [0, 0.1) is 0 Å². The van der Waals surface area contributed by atoms with Crippen molar-refractivity contribution in [1.29, 1.82) is 0 Å². The number of para-hydroxylation sites is 1. The van der Waals surface area contributed by atoms with E-state index in [0.717, 1.165) is 28.6 Å². The van der Waals surface area contributed by atoms with Crippen molar-refractivity contribution >= 4 is 33.8 Å². The molecule has 0 amide bonds. The fraction of sp³-hybridized carbons (Fsp3) is 0.276. The Bertz CT molecular complexity index is 1400. The van der Waals surface area contributed by atoms with Gasteiger partial charge in [-0.3, -0.25) is 0 Å². The van der Waals surface area contributed by atoms with Gasteiger partial charge in [0, 0.05) is 29.0 Å². The van der Waals surface area contributed by atoms with Crippen LogP contribution >= 0.6 is 0 Å². The molecule has 5 atom stereocenters. The van der Waals surface area contributed by atoms with E-state index in [2.05, 4.69) is 47.9 Å². The van der Waals surface area contributed by atoms with Crippen molar-refractivity contribution in [2.24, 2.45) is 0 Å². The standard InChI is InChI=1S/C29H30NO6/c1-2-30-20(15-12-19-7-3-6-10-23(19)30)14-11-18-13-16-24(22-9-5-4-8-21(18)22)35-29-28(34)27(33)26(32)25(17-31)36-29/h3-16,25-29,31-34H,2,17H2,1H3/q+1/t25-,26+,27+,28-,29-/m1/s1. The Hall–Kier alpha value is -3.33. The third kappa shape index (κ3) is 4.48. The van der Waals surface area contributed by atoms with Crippen LogP contribution in [0.4, 0.5) is 0 Å². The molecule has 0 bridgehead atoms. The second-order valence-corrected chi connectivity index (χ2v) is 8.91. The van der Waals surface area contributed by atoms with Crippen LogP contribution in [0.3, 0.4) is 0 Å². The maximum Gasteiger partial charge on any atom is 0.229 e. The van der Waals surface area contributed by atoms with E-state index < -0.39 is 37.3 Å². The van der Waals surface area contributed by atoms with Gasteiger partial charge >= 0.3 is 0 Å². The van der Waals surface area contributed by atoms with Crippen LogP contribution < -0.4 is 9.30 Å². The van der Waals surface area contributed by atoms with Crippen molar-refractivity contribution < 1.29 is 34.5 Å². The van der Waals surface area contributed by atoms with Gasteiger partial charge in [0.05, 0.1) is 6.61 Å². The number of pyridine rings is 1. The number of aliphatic hydroxyl groups excluding tert-OH is 4. The summed E-state index contributed by atoms with van der Waals surface area (Å²) in [4.78, 5) is 0. The van der Waals surface area contributed by atoms with Gasteiger partial charge in [0.25, 0.3) is 0 Å². The summed E-state index contributed by atoms with van der Waals surface area (Å²) in [6, 6.07) is 24.0. The van der Waals surface area contributed by atoms with Gasteiger partial charge in [0.2, 0.25) is 17.5 Å². The van der Waals surface area contributed by atoms with Gasteiger partial charge in [-0.15, -0.1) is 0 Å². The minimum Gasteiger partial charge on any atom is -0.461 e. The van der Waals surface area contributed by atoms with Crippen LogP contribution in [-0.2, 0) is 11.3 Å². The second kappa shape index (κ2) is 10.3. The second-order valence-electron chi connectivity index (χ2n) is 8.91. The molecule has 7 heteroatoms. The molecular formula is C29H30NO6+. The molecule has 1 aromatic heterocycles. The number of aromatic nitrogens is 1. The Balaban J connectivity index is 1.48. The summed E-state index contributed by atoms with van der Waals surface area (Å²) >= 11 is 0. The predicted molar refractivity (Wildman–Crippen MR) is 137 cm³/mol. The average molecular weight is 489 g/mol. The zero-order valence-electron chi connectivity index (χ0n) is 19.9. The number of benzene rings is 3. The summed E-state index contributed by atoms with van der Waals surface area (Å²) < 4.78 is 13.8. The minimum absolute atomic E-state index is 0.460. The van der Waals surface area contributed by atoms with Gasteiger partial charge in [-0.25, -0.2) is 0 Å². The van der Waals surface area contributed by atoms with Crippen molar-refractivity contribution in [3.8, 4) is 5.75 Å². The maximum atomic E-state index is 10.4. The van der Waals surface area contributed by atoms with Crippen LogP contribution in [0.1, 0.15) is 18.2 Å². The molecule has 1 fully saturated rings. The largest absolute Gasteiger partial charge is 0.461 e. The van der Waals surface area contributed by atoms with E-state index in [-0.39, 0.29) is 0 Å². The zero-order chi connectivity index (χ0) is 25.2. The molecule has 4 N–H and O–H groups in total. The summed E-state index contributed by atoms with van der Waals surface area (Å²) in [6.07, 6.45) is -2.53. The predicted octanol–water partition coefficient (Wildman–Crippen LogP) is 2.65.